The fourth-order valence-corrected chi connectivity index (χ4v) is 2.26. The lowest BCUT2D eigenvalue weighted by molar-refractivity contribution is 0.0926. The molecule has 20 heavy (non-hydrogen) atoms. The van der Waals surface area contributed by atoms with Gasteiger partial charge >= 0.3 is 0 Å². The van der Waals surface area contributed by atoms with Gasteiger partial charge in [0.2, 0.25) is 0 Å². The molecule has 0 bridgehead atoms. The highest BCUT2D eigenvalue weighted by atomic mass is 16.5. The second-order valence-electron chi connectivity index (χ2n) is 4.75. The van der Waals surface area contributed by atoms with Gasteiger partial charge in [-0.25, -0.2) is 0 Å². The fraction of sp³-hybridized carbons (Fsp3) is 0.312. The van der Waals surface area contributed by atoms with Crippen LogP contribution in [-0.4, -0.2) is 19.6 Å². The molecule has 1 amide bonds. The third kappa shape index (κ3) is 3.20. The molecule has 2 rings (SSSR count). The Morgan fingerprint density at radius 3 is 2.80 bits per heavy atom. The van der Waals surface area contributed by atoms with Gasteiger partial charge in [0.1, 0.15) is 5.75 Å². The molecule has 0 aliphatic heterocycles. The third-order valence-electron chi connectivity index (χ3n) is 3.20. The fourth-order valence-electron chi connectivity index (χ4n) is 2.26. The molecular formula is C16H19NO3. The van der Waals surface area contributed by atoms with Crippen LogP contribution in [0.2, 0.25) is 0 Å². The number of methoxy groups -OCH3 is 1. The smallest absolute Gasteiger partial charge is 0.286 e. The number of nitrogens with one attached hydrogen (secondary N) is 1. The van der Waals surface area contributed by atoms with Crippen molar-refractivity contribution in [1.29, 1.82) is 0 Å². The van der Waals surface area contributed by atoms with E-state index in [1.54, 1.807) is 19.2 Å². The van der Waals surface area contributed by atoms with Crippen molar-refractivity contribution in [1.82, 2.24) is 5.32 Å². The number of rotatable bonds is 5. The van der Waals surface area contributed by atoms with Crippen LogP contribution in [0.5, 0.6) is 5.75 Å². The largest absolute Gasteiger partial charge is 0.496 e. The van der Waals surface area contributed by atoms with Gasteiger partial charge in [-0.3, -0.25) is 4.79 Å². The molecule has 0 aliphatic carbocycles. The van der Waals surface area contributed by atoms with Crippen LogP contribution in [0, 0.1) is 13.8 Å². The third-order valence-corrected chi connectivity index (χ3v) is 3.20. The Morgan fingerprint density at radius 1 is 1.35 bits per heavy atom. The van der Waals surface area contributed by atoms with Gasteiger partial charge in [-0.15, -0.1) is 0 Å². The van der Waals surface area contributed by atoms with Crippen LogP contribution < -0.4 is 10.1 Å². The van der Waals surface area contributed by atoms with Crippen molar-refractivity contribution < 1.29 is 13.9 Å². The molecule has 1 N–H and O–H groups in total. The molecule has 0 spiro atoms. The first-order valence-corrected chi connectivity index (χ1v) is 6.57. The SMILES string of the molecule is COc1cc(C)cc(C)c1CCNC(=O)c1ccco1. The number of carbonyl (C=O) groups excluding carboxylic acids is 1. The van der Waals surface area contributed by atoms with Gasteiger partial charge in [0.05, 0.1) is 13.4 Å². The molecule has 1 aromatic carbocycles. The molecule has 0 saturated heterocycles. The van der Waals surface area contributed by atoms with E-state index < -0.39 is 0 Å². The maximum Gasteiger partial charge on any atom is 0.286 e. The van der Waals surface area contributed by atoms with Crippen molar-refractivity contribution in [2.75, 3.05) is 13.7 Å². The van der Waals surface area contributed by atoms with Gasteiger partial charge in [0.15, 0.2) is 5.76 Å². The summed E-state index contributed by atoms with van der Waals surface area (Å²) in [6.45, 7) is 4.64. The minimum Gasteiger partial charge on any atom is -0.496 e. The maximum absolute atomic E-state index is 11.8. The van der Waals surface area contributed by atoms with Crippen molar-refractivity contribution in [3.63, 3.8) is 0 Å². The van der Waals surface area contributed by atoms with E-state index >= 15 is 0 Å². The lowest BCUT2D eigenvalue weighted by atomic mass is 10.0. The summed E-state index contributed by atoms with van der Waals surface area (Å²) in [6, 6.07) is 7.47. The van der Waals surface area contributed by atoms with Crippen LogP contribution in [0.3, 0.4) is 0 Å². The first-order chi connectivity index (χ1) is 9.61. The van der Waals surface area contributed by atoms with Crippen molar-refractivity contribution in [3.05, 3.63) is 53.0 Å². The summed E-state index contributed by atoms with van der Waals surface area (Å²) in [4.78, 5) is 11.8. The van der Waals surface area contributed by atoms with Crippen molar-refractivity contribution in [2.24, 2.45) is 0 Å². The first kappa shape index (κ1) is 14.2. The van der Waals surface area contributed by atoms with E-state index in [0.717, 1.165) is 17.7 Å². The minimum atomic E-state index is -0.196. The maximum atomic E-state index is 11.8. The second-order valence-corrected chi connectivity index (χ2v) is 4.75. The van der Waals surface area contributed by atoms with E-state index in [9.17, 15) is 4.79 Å². The van der Waals surface area contributed by atoms with Gasteiger partial charge in [0.25, 0.3) is 5.91 Å². The highest BCUT2D eigenvalue weighted by molar-refractivity contribution is 5.91. The lowest BCUT2D eigenvalue weighted by Gasteiger charge is -2.13. The number of aryl methyl sites for hydroxylation is 2. The van der Waals surface area contributed by atoms with E-state index in [2.05, 4.69) is 18.3 Å². The quantitative estimate of drug-likeness (QED) is 0.911. The van der Waals surface area contributed by atoms with Crippen LogP contribution >= 0.6 is 0 Å². The number of furan rings is 1. The van der Waals surface area contributed by atoms with Gasteiger partial charge in [0, 0.05) is 6.54 Å². The summed E-state index contributed by atoms with van der Waals surface area (Å²) in [5, 5.41) is 2.84. The molecule has 0 radical (unpaired) electrons. The molecule has 2 aromatic rings. The Kier molecular flexibility index (Phi) is 4.45. The Bertz CT molecular complexity index is 588. The highest BCUT2D eigenvalue weighted by Crippen LogP contribution is 2.24. The molecule has 4 heteroatoms. The molecule has 1 aromatic heterocycles. The number of benzene rings is 1. The van der Waals surface area contributed by atoms with E-state index in [-0.39, 0.29) is 5.91 Å². The van der Waals surface area contributed by atoms with E-state index in [1.165, 1.54) is 17.4 Å². The number of hydrogen-bond donors (Lipinski definition) is 1. The van der Waals surface area contributed by atoms with Crippen LogP contribution in [-0.2, 0) is 6.42 Å². The van der Waals surface area contributed by atoms with E-state index in [1.807, 2.05) is 13.0 Å². The number of carbonyl (C=O) groups is 1. The van der Waals surface area contributed by atoms with Crippen LogP contribution in [0.4, 0.5) is 0 Å². The van der Waals surface area contributed by atoms with Gasteiger partial charge < -0.3 is 14.5 Å². The first-order valence-electron chi connectivity index (χ1n) is 6.57. The zero-order valence-corrected chi connectivity index (χ0v) is 12.0. The van der Waals surface area contributed by atoms with Gasteiger partial charge in [-0.1, -0.05) is 6.07 Å². The van der Waals surface area contributed by atoms with E-state index in [4.69, 9.17) is 9.15 Å². The summed E-state index contributed by atoms with van der Waals surface area (Å²) in [5.41, 5.74) is 3.47. The van der Waals surface area contributed by atoms with E-state index in [0.29, 0.717) is 12.3 Å². The molecule has 4 nitrogen and oxygen atoms in total. The van der Waals surface area contributed by atoms with Gasteiger partial charge in [-0.2, -0.15) is 0 Å². The summed E-state index contributed by atoms with van der Waals surface area (Å²) >= 11 is 0. The van der Waals surface area contributed by atoms with Crippen molar-refractivity contribution >= 4 is 5.91 Å². The average Bonchev–Trinajstić information content (AvgIpc) is 2.94. The summed E-state index contributed by atoms with van der Waals surface area (Å²) in [7, 11) is 1.67. The highest BCUT2D eigenvalue weighted by Gasteiger charge is 2.10. The van der Waals surface area contributed by atoms with Crippen LogP contribution in [0.1, 0.15) is 27.2 Å². The predicted molar refractivity (Wildman–Crippen MR) is 77.2 cm³/mol. The number of amides is 1. The van der Waals surface area contributed by atoms with Crippen molar-refractivity contribution in [2.45, 2.75) is 20.3 Å². The summed E-state index contributed by atoms with van der Waals surface area (Å²) in [5.74, 6) is 1.01. The summed E-state index contributed by atoms with van der Waals surface area (Å²) in [6.07, 6.45) is 2.21. The lowest BCUT2D eigenvalue weighted by Crippen LogP contribution is -2.25. The van der Waals surface area contributed by atoms with Crippen molar-refractivity contribution in [3.8, 4) is 5.75 Å². The molecule has 106 valence electrons. The Labute approximate surface area is 118 Å². The topological polar surface area (TPSA) is 51.5 Å². The molecule has 1 heterocycles. The Balaban J connectivity index is 1.99. The zero-order valence-electron chi connectivity index (χ0n) is 12.0. The summed E-state index contributed by atoms with van der Waals surface area (Å²) < 4.78 is 10.5. The molecule has 0 aliphatic rings. The number of ether oxygens (including phenoxy) is 1. The standard InChI is InChI=1S/C16H19NO3/c1-11-9-12(2)13(15(10-11)19-3)6-7-17-16(18)14-5-4-8-20-14/h4-5,8-10H,6-7H2,1-3H3,(H,17,18). The zero-order chi connectivity index (χ0) is 14.5. The molecule has 0 saturated carbocycles. The second kappa shape index (κ2) is 6.28. The average molecular weight is 273 g/mol. The Hall–Kier alpha value is -2.23. The van der Waals surface area contributed by atoms with Crippen LogP contribution in [0.25, 0.3) is 0 Å². The Morgan fingerprint density at radius 2 is 2.15 bits per heavy atom. The van der Waals surface area contributed by atoms with Crippen LogP contribution in [0.15, 0.2) is 34.9 Å². The molecular weight excluding hydrogens is 254 g/mol. The molecule has 0 fully saturated rings. The normalized spacial score (nSPS) is 10.3. The monoisotopic (exact) mass is 273 g/mol. The van der Waals surface area contributed by atoms with Gasteiger partial charge in [-0.05, 0) is 55.2 Å². The predicted octanol–water partition coefficient (Wildman–Crippen LogP) is 2.88. The minimum absolute atomic E-state index is 0.196. The molecule has 0 unspecified atom stereocenters. The molecule has 0 atom stereocenters. The number of hydrogen-bond acceptors (Lipinski definition) is 3.